The van der Waals surface area contributed by atoms with Crippen LogP contribution in [0.5, 0.6) is 0 Å². The van der Waals surface area contributed by atoms with Crippen molar-refractivity contribution < 1.29 is 14.4 Å². The molecule has 0 bridgehead atoms. The van der Waals surface area contributed by atoms with Gasteiger partial charge in [-0.3, -0.25) is 19.3 Å². The molecule has 2 rings (SSSR count). The first-order valence-electron chi connectivity index (χ1n) is 10.1. The number of nitrogens with one attached hydrogen (secondary N) is 2. The number of nitrogens with zero attached hydrogens (tertiary/aromatic N) is 2. The first-order chi connectivity index (χ1) is 14.3. The van der Waals surface area contributed by atoms with Gasteiger partial charge in [-0.25, -0.2) is 0 Å². The lowest BCUT2D eigenvalue weighted by Crippen LogP contribution is -2.36. The van der Waals surface area contributed by atoms with Crippen LogP contribution in [-0.4, -0.2) is 60.7 Å². The Labute approximate surface area is 178 Å². The van der Waals surface area contributed by atoms with Crippen LogP contribution < -0.4 is 10.6 Å². The second-order valence-electron chi connectivity index (χ2n) is 7.19. The molecule has 7 heteroatoms. The van der Waals surface area contributed by atoms with Crippen molar-refractivity contribution in [3.63, 3.8) is 0 Å². The van der Waals surface area contributed by atoms with Gasteiger partial charge < -0.3 is 15.5 Å². The van der Waals surface area contributed by atoms with E-state index in [1.54, 1.807) is 41.1 Å². The number of rotatable bonds is 9. The lowest BCUT2D eigenvalue weighted by atomic mass is 10.1. The number of carbonyl (C=O) groups is 3. The number of amides is 3. The van der Waals surface area contributed by atoms with E-state index in [-0.39, 0.29) is 30.8 Å². The zero-order chi connectivity index (χ0) is 22.1. The number of carbonyl (C=O) groups excluding carboxylic acids is 3. The van der Waals surface area contributed by atoms with Gasteiger partial charge in [-0.1, -0.05) is 23.8 Å². The smallest absolute Gasteiger partial charge is 0.253 e. The highest BCUT2D eigenvalue weighted by molar-refractivity contribution is 5.98. The number of anilines is 2. The molecule has 3 amide bonds. The van der Waals surface area contributed by atoms with Crippen molar-refractivity contribution in [2.45, 2.75) is 20.8 Å². The van der Waals surface area contributed by atoms with Gasteiger partial charge >= 0.3 is 0 Å². The van der Waals surface area contributed by atoms with E-state index < -0.39 is 0 Å². The Bertz CT molecular complexity index is 876. The molecule has 0 aliphatic carbocycles. The highest BCUT2D eigenvalue weighted by atomic mass is 16.2. The van der Waals surface area contributed by atoms with Gasteiger partial charge in [0, 0.05) is 30.0 Å². The minimum atomic E-state index is -0.256. The van der Waals surface area contributed by atoms with Crippen molar-refractivity contribution in [2.75, 3.05) is 43.9 Å². The molecular weight excluding hydrogens is 380 g/mol. The molecule has 2 aromatic rings. The summed E-state index contributed by atoms with van der Waals surface area (Å²) in [6.45, 7) is 7.23. The molecule has 0 aliphatic rings. The van der Waals surface area contributed by atoms with Crippen LogP contribution in [0.3, 0.4) is 0 Å². The fourth-order valence-corrected chi connectivity index (χ4v) is 3.01. The quantitative estimate of drug-likeness (QED) is 0.666. The second-order valence-corrected chi connectivity index (χ2v) is 7.19. The van der Waals surface area contributed by atoms with Crippen molar-refractivity contribution in [2.24, 2.45) is 0 Å². The maximum atomic E-state index is 12.5. The normalized spacial score (nSPS) is 10.6. The molecule has 0 fully saturated rings. The Kier molecular flexibility index (Phi) is 8.55. The predicted molar refractivity (Wildman–Crippen MR) is 120 cm³/mol. The minimum Gasteiger partial charge on any atom is -0.339 e. The third kappa shape index (κ3) is 7.00. The van der Waals surface area contributed by atoms with E-state index in [0.717, 1.165) is 11.3 Å². The number of likely N-dealkylation sites (N-methyl/N-ethyl adjacent to an activating group) is 1. The van der Waals surface area contributed by atoms with E-state index in [2.05, 4.69) is 10.6 Å². The summed E-state index contributed by atoms with van der Waals surface area (Å²) >= 11 is 0. The fourth-order valence-electron chi connectivity index (χ4n) is 3.01. The lowest BCUT2D eigenvalue weighted by Gasteiger charge is -2.19. The average molecular weight is 411 g/mol. The zero-order valence-corrected chi connectivity index (χ0v) is 18.1. The number of aryl methyl sites for hydroxylation is 1. The Hall–Kier alpha value is -3.19. The summed E-state index contributed by atoms with van der Waals surface area (Å²) in [6.07, 6.45) is 0. The van der Waals surface area contributed by atoms with Crippen LogP contribution in [0.2, 0.25) is 0 Å². The van der Waals surface area contributed by atoms with Crippen molar-refractivity contribution in [1.29, 1.82) is 0 Å². The summed E-state index contributed by atoms with van der Waals surface area (Å²) in [6, 6.07) is 14.4. The van der Waals surface area contributed by atoms with Crippen molar-refractivity contribution in [3.05, 3.63) is 59.7 Å². The molecular formula is C23H30N4O3. The summed E-state index contributed by atoms with van der Waals surface area (Å²) in [7, 11) is 1.70. The molecule has 2 N–H and O–H groups in total. The standard InChI is InChI=1S/C23H30N4O3/c1-5-27(6-2)23(30)18-8-7-9-20(14-18)25-22(29)16-26(4)15-21(28)24-19-12-10-17(3)11-13-19/h7-14H,5-6,15-16H2,1-4H3,(H,24,28)(H,25,29). The first kappa shape index (κ1) is 23.1. The Balaban J connectivity index is 1.87. The molecule has 0 saturated carbocycles. The molecule has 0 heterocycles. The molecule has 0 aliphatic heterocycles. The minimum absolute atomic E-state index is 0.0511. The molecule has 0 spiro atoms. The summed E-state index contributed by atoms with van der Waals surface area (Å²) in [5, 5.41) is 5.60. The lowest BCUT2D eigenvalue weighted by molar-refractivity contribution is -0.119. The molecule has 0 aromatic heterocycles. The predicted octanol–water partition coefficient (Wildman–Crippen LogP) is 2.99. The average Bonchev–Trinajstić information content (AvgIpc) is 2.70. The Morgan fingerprint density at radius 3 is 1.97 bits per heavy atom. The van der Waals surface area contributed by atoms with Gasteiger partial charge in [-0.2, -0.15) is 0 Å². The van der Waals surface area contributed by atoms with Crippen LogP contribution in [-0.2, 0) is 9.59 Å². The van der Waals surface area contributed by atoms with E-state index in [9.17, 15) is 14.4 Å². The topological polar surface area (TPSA) is 81.8 Å². The van der Waals surface area contributed by atoms with Crippen molar-refractivity contribution in [1.82, 2.24) is 9.80 Å². The highest BCUT2D eigenvalue weighted by Gasteiger charge is 2.14. The molecule has 160 valence electrons. The van der Waals surface area contributed by atoms with Crippen LogP contribution >= 0.6 is 0 Å². The van der Waals surface area contributed by atoms with Crippen LogP contribution in [0.15, 0.2) is 48.5 Å². The molecule has 2 aromatic carbocycles. The first-order valence-corrected chi connectivity index (χ1v) is 10.1. The van der Waals surface area contributed by atoms with Gasteiger partial charge in [-0.05, 0) is 58.2 Å². The van der Waals surface area contributed by atoms with Crippen LogP contribution in [0.1, 0.15) is 29.8 Å². The molecule has 0 radical (unpaired) electrons. The highest BCUT2D eigenvalue weighted by Crippen LogP contribution is 2.13. The van der Waals surface area contributed by atoms with Gasteiger partial charge in [0.25, 0.3) is 5.91 Å². The Morgan fingerprint density at radius 2 is 1.40 bits per heavy atom. The maximum absolute atomic E-state index is 12.5. The summed E-state index contributed by atoms with van der Waals surface area (Å²) < 4.78 is 0. The summed E-state index contributed by atoms with van der Waals surface area (Å²) in [4.78, 5) is 40.3. The van der Waals surface area contributed by atoms with Gasteiger partial charge in [-0.15, -0.1) is 0 Å². The van der Waals surface area contributed by atoms with E-state index in [1.165, 1.54) is 0 Å². The van der Waals surface area contributed by atoms with Gasteiger partial charge in [0.1, 0.15) is 0 Å². The van der Waals surface area contributed by atoms with Crippen LogP contribution in [0.4, 0.5) is 11.4 Å². The second kappa shape index (κ2) is 11.1. The van der Waals surface area contributed by atoms with E-state index in [4.69, 9.17) is 0 Å². The number of hydrogen-bond acceptors (Lipinski definition) is 4. The van der Waals surface area contributed by atoms with E-state index >= 15 is 0 Å². The largest absolute Gasteiger partial charge is 0.339 e. The molecule has 7 nitrogen and oxygen atoms in total. The SMILES string of the molecule is CCN(CC)C(=O)c1cccc(NC(=O)CN(C)CC(=O)Nc2ccc(C)cc2)c1. The monoisotopic (exact) mass is 410 g/mol. The molecule has 0 unspecified atom stereocenters. The summed E-state index contributed by atoms with van der Waals surface area (Å²) in [5.74, 6) is -0.518. The van der Waals surface area contributed by atoms with Crippen LogP contribution in [0.25, 0.3) is 0 Å². The number of hydrogen-bond donors (Lipinski definition) is 2. The van der Waals surface area contributed by atoms with Gasteiger partial charge in [0.15, 0.2) is 0 Å². The van der Waals surface area contributed by atoms with Crippen molar-refractivity contribution in [3.8, 4) is 0 Å². The summed E-state index contributed by atoms with van der Waals surface area (Å²) in [5.41, 5.74) is 2.92. The zero-order valence-electron chi connectivity index (χ0n) is 18.1. The van der Waals surface area contributed by atoms with Crippen molar-refractivity contribution >= 4 is 29.1 Å². The Morgan fingerprint density at radius 1 is 0.833 bits per heavy atom. The third-order valence-corrected chi connectivity index (χ3v) is 4.61. The van der Waals surface area contributed by atoms with E-state index in [1.807, 2.05) is 45.0 Å². The molecule has 0 atom stereocenters. The van der Waals surface area contributed by atoms with Gasteiger partial charge in [0.05, 0.1) is 13.1 Å². The fraction of sp³-hybridized carbons (Fsp3) is 0.348. The molecule has 30 heavy (non-hydrogen) atoms. The van der Waals surface area contributed by atoms with E-state index in [0.29, 0.717) is 24.3 Å². The maximum Gasteiger partial charge on any atom is 0.253 e. The van der Waals surface area contributed by atoms with Gasteiger partial charge in [0.2, 0.25) is 11.8 Å². The van der Waals surface area contributed by atoms with Crippen LogP contribution in [0, 0.1) is 6.92 Å². The third-order valence-electron chi connectivity index (χ3n) is 4.61. The number of benzene rings is 2. The molecule has 0 saturated heterocycles.